The van der Waals surface area contributed by atoms with E-state index in [1.165, 1.54) is 24.3 Å². The van der Waals surface area contributed by atoms with Gasteiger partial charge < -0.3 is 30.6 Å². The summed E-state index contributed by atoms with van der Waals surface area (Å²) in [6.07, 6.45) is 0. The van der Waals surface area contributed by atoms with Gasteiger partial charge in [-0.3, -0.25) is 19.2 Å². The molecule has 0 fully saturated rings. The fourth-order valence-corrected chi connectivity index (χ4v) is 5.62. The summed E-state index contributed by atoms with van der Waals surface area (Å²) in [5.74, 6) is -8.03. The Kier molecular flexibility index (Phi) is 4.90. The molecule has 4 aromatic carbocycles. The van der Waals surface area contributed by atoms with Crippen molar-refractivity contribution in [2.75, 3.05) is 0 Å². The monoisotopic (exact) mass is 538 g/mol. The molecule has 0 radical (unpaired) electrons. The zero-order valence-corrected chi connectivity index (χ0v) is 20.8. The number of carbonyl (C=O) groups is 4. The van der Waals surface area contributed by atoms with Crippen molar-refractivity contribution in [3.63, 3.8) is 0 Å². The number of benzene rings is 4. The topological polar surface area (TPSA) is 190 Å². The van der Waals surface area contributed by atoms with Crippen molar-refractivity contribution >= 4 is 23.1 Å². The molecule has 2 aliphatic carbocycles. The largest absolute Gasteiger partial charge is 0.507 e. The molecule has 0 heterocycles. The van der Waals surface area contributed by atoms with Crippen LogP contribution in [-0.4, -0.2) is 53.8 Å². The molecular weight excluding hydrogens is 520 g/mol. The average molecular weight is 538 g/mol. The quantitative estimate of drug-likeness (QED) is 0.180. The van der Waals surface area contributed by atoms with Gasteiger partial charge in [0.1, 0.15) is 34.5 Å². The smallest absolute Gasteiger partial charge is 0.201 e. The van der Waals surface area contributed by atoms with Crippen LogP contribution in [0.3, 0.4) is 0 Å². The number of phenols is 6. The van der Waals surface area contributed by atoms with Gasteiger partial charge in [0.25, 0.3) is 0 Å². The Bertz CT molecular complexity index is 1810. The average Bonchev–Trinajstić information content (AvgIpc) is 2.85. The minimum Gasteiger partial charge on any atom is -0.507 e. The van der Waals surface area contributed by atoms with E-state index >= 15 is 0 Å². The van der Waals surface area contributed by atoms with E-state index in [9.17, 15) is 49.8 Å². The van der Waals surface area contributed by atoms with Gasteiger partial charge in [-0.05, 0) is 49.2 Å². The summed E-state index contributed by atoms with van der Waals surface area (Å²) in [4.78, 5) is 54.6. The normalized spacial score (nSPS) is 13.6. The van der Waals surface area contributed by atoms with Crippen molar-refractivity contribution in [2.45, 2.75) is 13.8 Å². The lowest BCUT2D eigenvalue weighted by atomic mass is 9.74. The van der Waals surface area contributed by atoms with Crippen molar-refractivity contribution in [3.05, 3.63) is 92.0 Å². The number of aromatic hydroxyl groups is 6. The first-order chi connectivity index (χ1) is 18.8. The van der Waals surface area contributed by atoms with Crippen LogP contribution in [0.1, 0.15) is 74.8 Å². The van der Waals surface area contributed by atoms with E-state index in [1.807, 2.05) is 0 Å². The molecule has 10 nitrogen and oxygen atoms in total. The summed E-state index contributed by atoms with van der Waals surface area (Å²) in [5, 5.41) is 64.2. The second-order valence-electron chi connectivity index (χ2n) is 9.81. The lowest BCUT2D eigenvalue weighted by Gasteiger charge is -2.26. The molecule has 10 heteroatoms. The SMILES string of the molecule is Cc1cc(O)c2c(c1)C(=O)c1c(c(O)cc(O)c1-c1c(O)cc(O)c3c1C(=O)c1cc(C)cc(O)c1C3=O)C2=O. The molecule has 0 bridgehead atoms. The molecule has 4 aromatic rings. The molecule has 198 valence electrons. The number of carbonyl (C=O) groups excluding carboxylic acids is 4. The second kappa shape index (κ2) is 7.93. The van der Waals surface area contributed by atoms with Gasteiger partial charge in [0.2, 0.25) is 11.6 Å². The predicted molar refractivity (Wildman–Crippen MR) is 138 cm³/mol. The zero-order valence-electron chi connectivity index (χ0n) is 20.8. The van der Waals surface area contributed by atoms with Crippen molar-refractivity contribution in [3.8, 4) is 45.6 Å². The Hall–Kier alpha value is -5.64. The number of phenolic OH excluding ortho intramolecular Hbond substituents is 6. The third-order valence-electron chi connectivity index (χ3n) is 7.20. The van der Waals surface area contributed by atoms with Gasteiger partial charge >= 0.3 is 0 Å². The van der Waals surface area contributed by atoms with Gasteiger partial charge in [-0.15, -0.1) is 0 Å². The molecule has 0 spiro atoms. The van der Waals surface area contributed by atoms with Crippen LogP contribution >= 0.6 is 0 Å². The Morgan fingerprint density at radius 3 is 1.00 bits per heavy atom. The summed E-state index contributed by atoms with van der Waals surface area (Å²) in [6, 6.07) is 6.63. The Morgan fingerprint density at radius 2 is 0.650 bits per heavy atom. The minimum atomic E-state index is -0.957. The number of hydrogen-bond acceptors (Lipinski definition) is 10. The van der Waals surface area contributed by atoms with E-state index in [1.54, 1.807) is 13.8 Å². The van der Waals surface area contributed by atoms with Gasteiger partial charge in [-0.1, -0.05) is 0 Å². The number of rotatable bonds is 1. The second-order valence-corrected chi connectivity index (χ2v) is 9.81. The highest BCUT2D eigenvalue weighted by molar-refractivity contribution is 6.35. The molecule has 0 saturated carbocycles. The number of hydrogen-bond donors (Lipinski definition) is 6. The molecule has 0 aromatic heterocycles. The fourth-order valence-electron chi connectivity index (χ4n) is 5.62. The highest BCUT2D eigenvalue weighted by Crippen LogP contribution is 2.52. The van der Waals surface area contributed by atoms with E-state index in [4.69, 9.17) is 0 Å². The maximum Gasteiger partial charge on any atom is 0.201 e. The number of fused-ring (bicyclic) bond motifs is 4. The van der Waals surface area contributed by atoms with Crippen molar-refractivity contribution in [1.29, 1.82) is 0 Å². The first-order valence-electron chi connectivity index (χ1n) is 11.9. The van der Waals surface area contributed by atoms with Crippen molar-refractivity contribution in [1.82, 2.24) is 0 Å². The Morgan fingerprint density at radius 1 is 0.350 bits per heavy atom. The first kappa shape index (κ1) is 24.7. The summed E-state index contributed by atoms with van der Waals surface area (Å²) in [6.45, 7) is 3.13. The van der Waals surface area contributed by atoms with Gasteiger partial charge in [-0.25, -0.2) is 0 Å². The van der Waals surface area contributed by atoms with E-state index in [2.05, 4.69) is 0 Å². The molecule has 0 unspecified atom stereocenters. The molecule has 6 rings (SSSR count). The molecule has 0 atom stereocenters. The predicted octanol–water partition coefficient (Wildman–Crippen LogP) is 3.75. The molecule has 0 aliphatic heterocycles. The molecule has 0 amide bonds. The minimum absolute atomic E-state index is 0.248. The Labute approximate surface area is 224 Å². The molecule has 2 aliphatic rings. The summed E-state index contributed by atoms with van der Waals surface area (Å²) >= 11 is 0. The third kappa shape index (κ3) is 3.04. The lowest BCUT2D eigenvalue weighted by molar-refractivity contribution is 0.0972. The van der Waals surface area contributed by atoms with Crippen LogP contribution in [0, 0.1) is 13.8 Å². The van der Waals surface area contributed by atoms with Crippen molar-refractivity contribution < 1.29 is 49.8 Å². The van der Waals surface area contributed by atoms with E-state index < -0.39 is 91.0 Å². The molecule has 0 saturated heterocycles. The summed E-state index contributed by atoms with van der Waals surface area (Å²) in [7, 11) is 0. The van der Waals surface area contributed by atoms with Gasteiger partial charge in [0.15, 0.2) is 11.6 Å². The van der Waals surface area contributed by atoms with Crippen LogP contribution in [0.25, 0.3) is 11.1 Å². The third-order valence-corrected chi connectivity index (χ3v) is 7.20. The first-order valence-corrected chi connectivity index (χ1v) is 11.9. The van der Waals surface area contributed by atoms with E-state index in [0.717, 1.165) is 12.1 Å². The van der Waals surface area contributed by atoms with Gasteiger partial charge in [0, 0.05) is 45.5 Å². The maximum atomic E-state index is 13.8. The van der Waals surface area contributed by atoms with Gasteiger partial charge in [-0.2, -0.15) is 0 Å². The number of ketones is 4. The standard InChI is InChI=1S/C30H18O10/c1-9-3-11-19(13(31)5-9)29(39)23-17(35)7-15(33)21(25(23)27(11)37)22-16(34)8-18(36)24-26(22)28(38)12-4-10(2)6-14(32)20(12)30(24)40/h3-8,31-36H,1-2H3. The molecule has 40 heavy (non-hydrogen) atoms. The van der Waals surface area contributed by atoms with Gasteiger partial charge in [0.05, 0.1) is 22.3 Å². The van der Waals surface area contributed by atoms with Crippen LogP contribution in [0.5, 0.6) is 34.5 Å². The lowest BCUT2D eigenvalue weighted by Crippen LogP contribution is -2.25. The summed E-state index contributed by atoms with van der Waals surface area (Å²) in [5.41, 5.74) is -3.87. The number of aryl methyl sites for hydroxylation is 2. The van der Waals surface area contributed by atoms with Crippen LogP contribution < -0.4 is 0 Å². The molecular formula is C30H18O10. The van der Waals surface area contributed by atoms with Crippen LogP contribution in [0.15, 0.2) is 36.4 Å². The van der Waals surface area contributed by atoms with E-state index in [-0.39, 0.29) is 22.3 Å². The maximum absolute atomic E-state index is 13.8. The highest BCUT2D eigenvalue weighted by atomic mass is 16.3. The zero-order chi connectivity index (χ0) is 28.9. The summed E-state index contributed by atoms with van der Waals surface area (Å²) < 4.78 is 0. The van der Waals surface area contributed by atoms with Crippen LogP contribution in [0.4, 0.5) is 0 Å². The van der Waals surface area contributed by atoms with Crippen LogP contribution in [0.2, 0.25) is 0 Å². The highest BCUT2D eigenvalue weighted by Gasteiger charge is 2.42. The molecule has 6 N–H and O–H groups in total. The van der Waals surface area contributed by atoms with Crippen LogP contribution in [-0.2, 0) is 0 Å². The van der Waals surface area contributed by atoms with E-state index in [0.29, 0.717) is 11.1 Å². The fraction of sp³-hybridized carbons (Fsp3) is 0.0667. The van der Waals surface area contributed by atoms with Crippen molar-refractivity contribution in [2.24, 2.45) is 0 Å². The Balaban J connectivity index is 1.75.